The zero-order chi connectivity index (χ0) is 13.7. The molecule has 3 atom stereocenters. The van der Waals surface area contributed by atoms with E-state index in [1.165, 1.54) is 25.9 Å². The van der Waals surface area contributed by atoms with E-state index in [-0.39, 0.29) is 0 Å². The standard InChI is InChI=1S/C15H31N3O/c1-4-13-10-18(7-6-15(13)16-5-2)12-14-11-17(3)8-9-19-14/h13-16H,4-12H2,1-3H3. The number of likely N-dealkylation sites (N-methyl/N-ethyl adjacent to an activating group) is 1. The van der Waals surface area contributed by atoms with Crippen molar-refractivity contribution in [3.05, 3.63) is 0 Å². The average molecular weight is 269 g/mol. The number of nitrogens with zero attached hydrogens (tertiary/aromatic N) is 2. The molecule has 0 radical (unpaired) electrons. The number of nitrogens with one attached hydrogen (secondary N) is 1. The molecule has 2 aliphatic heterocycles. The Hall–Kier alpha value is -0.160. The Morgan fingerprint density at radius 2 is 2.05 bits per heavy atom. The number of morpholine rings is 1. The van der Waals surface area contributed by atoms with Crippen LogP contribution in [0.2, 0.25) is 0 Å². The third-order valence-corrected chi connectivity index (χ3v) is 4.61. The number of ether oxygens (including phenoxy) is 1. The van der Waals surface area contributed by atoms with Gasteiger partial charge in [-0.2, -0.15) is 0 Å². The monoisotopic (exact) mass is 269 g/mol. The van der Waals surface area contributed by atoms with Crippen LogP contribution in [0.5, 0.6) is 0 Å². The van der Waals surface area contributed by atoms with Gasteiger partial charge in [-0.1, -0.05) is 20.3 Å². The average Bonchev–Trinajstić information content (AvgIpc) is 2.41. The molecule has 112 valence electrons. The molecular formula is C15H31N3O. The van der Waals surface area contributed by atoms with E-state index >= 15 is 0 Å². The fourth-order valence-electron chi connectivity index (χ4n) is 3.48. The second-order valence-electron chi connectivity index (χ2n) is 6.14. The fourth-order valence-corrected chi connectivity index (χ4v) is 3.48. The summed E-state index contributed by atoms with van der Waals surface area (Å²) in [5.41, 5.74) is 0. The highest BCUT2D eigenvalue weighted by molar-refractivity contribution is 4.86. The van der Waals surface area contributed by atoms with E-state index in [4.69, 9.17) is 4.74 Å². The van der Waals surface area contributed by atoms with Crippen molar-refractivity contribution >= 4 is 0 Å². The molecule has 0 aromatic heterocycles. The van der Waals surface area contributed by atoms with Crippen molar-refractivity contribution in [2.45, 2.75) is 38.8 Å². The zero-order valence-corrected chi connectivity index (χ0v) is 12.9. The van der Waals surface area contributed by atoms with Crippen molar-refractivity contribution in [3.63, 3.8) is 0 Å². The van der Waals surface area contributed by atoms with Gasteiger partial charge in [0.2, 0.25) is 0 Å². The minimum Gasteiger partial charge on any atom is -0.374 e. The molecule has 2 heterocycles. The van der Waals surface area contributed by atoms with Gasteiger partial charge in [-0.25, -0.2) is 0 Å². The van der Waals surface area contributed by atoms with Crippen LogP contribution in [0, 0.1) is 5.92 Å². The van der Waals surface area contributed by atoms with Gasteiger partial charge in [0.1, 0.15) is 0 Å². The largest absolute Gasteiger partial charge is 0.374 e. The molecule has 2 rings (SSSR count). The van der Waals surface area contributed by atoms with Gasteiger partial charge >= 0.3 is 0 Å². The van der Waals surface area contributed by atoms with E-state index in [0.29, 0.717) is 6.10 Å². The number of rotatable bonds is 5. The smallest absolute Gasteiger partial charge is 0.0829 e. The van der Waals surface area contributed by atoms with Gasteiger partial charge in [-0.3, -0.25) is 0 Å². The van der Waals surface area contributed by atoms with Crippen molar-refractivity contribution < 1.29 is 4.74 Å². The lowest BCUT2D eigenvalue weighted by atomic mass is 9.89. The first-order valence-corrected chi connectivity index (χ1v) is 7.98. The van der Waals surface area contributed by atoms with Crippen molar-refractivity contribution in [2.24, 2.45) is 5.92 Å². The second-order valence-corrected chi connectivity index (χ2v) is 6.14. The van der Waals surface area contributed by atoms with Crippen molar-refractivity contribution in [1.82, 2.24) is 15.1 Å². The lowest BCUT2D eigenvalue weighted by molar-refractivity contribution is -0.0422. The number of hydrogen-bond donors (Lipinski definition) is 1. The molecule has 3 unspecified atom stereocenters. The van der Waals surface area contributed by atoms with Crippen molar-refractivity contribution in [3.8, 4) is 0 Å². The summed E-state index contributed by atoms with van der Waals surface area (Å²) in [7, 11) is 2.20. The molecule has 0 aromatic carbocycles. The summed E-state index contributed by atoms with van der Waals surface area (Å²) in [6.07, 6.45) is 2.97. The Morgan fingerprint density at radius 1 is 1.21 bits per heavy atom. The molecule has 0 saturated carbocycles. The minimum atomic E-state index is 0.409. The molecule has 2 fully saturated rings. The van der Waals surface area contributed by atoms with E-state index in [1.54, 1.807) is 0 Å². The van der Waals surface area contributed by atoms with Gasteiger partial charge in [0.05, 0.1) is 12.7 Å². The third kappa shape index (κ3) is 4.42. The van der Waals surface area contributed by atoms with Gasteiger partial charge in [0, 0.05) is 32.2 Å². The summed E-state index contributed by atoms with van der Waals surface area (Å²) in [6, 6.07) is 0.723. The van der Waals surface area contributed by atoms with E-state index in [0.717, 1.165) is 44.7 Å². The predicted octanol–water partition coefficient (Wildman–Crippen LogP) is 1.03. The van der Waals surface area contributed by atoms with Crippen LogP contribution < -0.4 is 5.32 Å². The first kappa shape index (κ1) is 15.2. The SMILES string of the molecule is CCNC1CCN(CC2CN(C)CCO2)CC1CC. The van der Waals surface area contributed by atoms with Crippen LogP contribution >= 0.6 is 0 Å². The third-order valence-electron chi connectivity index (χ3n) is 4.61. The first-order valence-electron chi connectivity index (χ1n) is 7.98. The van der Waals surface area contributed by atoms with E-state index in [2.05, 4.69) is 36.0 Å². The number of hydrogen-bond acceptors (Lipinski definition) is 4. The van der Waals surface area contributed by atoms with Crippen molar-refractivity contribution in [1.29, 1.82) is 0 Å². The van der Waals surface area contributed by atoms with E-state index in [1.807, 2.05) is 0 Å². The highest BCUT2D eigenvalue weighted by Crippen LogP contribution is 2.21. The Kier molecular flexibility index (Phi) is 6.07. The highest BCUT2D eigenvalue weighted by Gasteiger charge is 2.29. The van der Waals surface area contributed by atoms with Gasteiger partial charge in [0.15, 0.2) is 0 Å². The summed E-state index contributed by atoms with van der Waals surface area (Å²) in [5, 5.41) is 3.65. The maximum Gasteiger partial charge on any atom is 0.0829 e. The summed E-state index contributed by atoms with van der Waals surface area (Å²) >= 11 is 0. The van der Waals surface area contributed by atoms with Crippen molar-refractivity contribution in [2.75, 3.05) is 52.9 Å². The van der Waals surface area contributed by atoms with Gasteiger partial charge in [-0.05, 0) is 32.5 Å². The first-order chi connectivity index (χ1) is 9.22. The Morgan fingerprint density at radius 3 is 2.74 bits per heavy atom. The molecule has 0 amide bonds. The topological polar surface area (TPSA) is 27.7 Å². The van der Waals surface area contributed by atoms with Gasteiger partial charge < -0.3 is 19.9 Å². The second kappa shape index (κ2) is 7.58. The summed E-state index contributed by atoms with van der Waals surface area (Å²) in [4.78, 5) is 5.00. The quantitative estimate of drug-likeness (QED) is 0.807. The Balaban J connectivity index is 1.79. The Labute approximate surface area is 118 Å². The predicted molar refractivity (Wildman–Crippen MR) is 79.5 cm³/mol. The number of piperidine rings is 1. The van der Waals surface area contributed by atoms with Crippen LogP contribution in [0.25, 0.3) is 0 Å². The molecule has 19 heavy (non-hydrogen) atoms. The maximum atomic E-state index is 5.90. The van der Waals surface area contributed by atoms with Crippen LogP contribution in [0.1, 0.15) is 26.7 Å². The summed E-state index contributed by atoms with van der Waals surface area (Å²) < 4.78 is 5.90. The Bertz CT molecular complexity index is 262. The minimum absolute atomic E-state index is 0.409. The molecule has 0 bridgehead atoms. The summed E-state index contributed by atoms with van der Waals surface area (Å²) in [5.74, 6) is 0.801. The highest BCUT2D eigenvalue weighted by atomic mass is 16.5. The molecule has 2 saturated heterocycles. The number of likely N-dealkylation sites (tertiary alicyclic amines) is 1. The molecule has 0 aliphatic carbocycles. The maximum absolute atomic E-state index is 5.90. The molecule has 4 heteroatoms. The van der Waals surface area contributed by atoms with Crippen LogP contribution in [-0.4, -0.2) is 74.9 Å². The molecule has 2 aliphatic rings. The van der Waals surface area contributed by atoms with Gasteiger partial charge in [0.25, 0.3) is 0 Å². The zero-order valence-electron chi connectivity index (χ0n) is 12.9. The molecule has 4 nitrogen and oxygen atoms in total. The molecular weight excluding hydrogens is 238 g/mol. The van der Waals surface area contributed by atoms with Crippen LogP contribution in [0.4, 0.5) is 0 Å². The molecule has 0 spiro atoms. The molecule has 0 aromatic rings. The van der Waals surface area contributed by atoms with Gasteiger partial charge in [-0.15, -0.1) is 0 Å². The summed E-state index contributed by atoms with van der Waals surface area (Å²) in [6.45, 7) is 12.3. The van der Waals surface area contributed by atoms with E-state index < -0.39 is 0 Å². The van der Waals surface area contributed by atoms with Crippen LogP contribution in [0.15, 0.2) is 0 Å². The lowest BCUT2D eigenvalue weighted by Gasteiger charge is -2.41. The molecule has 1 N–H and O–H groups in total. The fraction of sp³-hybridized carbons (Fsp3) is 1.00. The van der Waals surface area contributed by atoms with Crippen LogP contribution in [-0.2, 0) is 4.74 Å². The normalized spacial score (nSPS) is 34.6. The van der Waals surface area contributed by atoms with E-state index in [9.17, 15) is 0 Å². The van der Waals surface area contributed by atoms with Crippen LogP contribution in [0.3, 0.4) is 0 Å². The lowest BCUT2D eigenvalue weighted by Crippen LogP contribution is -2.53.